The molecule has 0 aliphatic rings. The van der Waals surface area contributed by atoms with Gasteiger partial charge in [0.05, 0.1) is 19.7 Å². The van der Waals surface area contributed by atoms with Crippen molar-refractivity contribution in [2.75, 3.05) is 13.7 Å². The molecule has 1 N–H and O–H groups in total. The van der Waals surface area contributed by atoms with Crippen LogP contribution in [0.1, 0.15) is 18.5 Å². The van der Waals surface area contributed by atoms with Gasteiger partial charge >= 0.3 is 0 Å². The molecule has 0 aliphatic carbocycles. The predicted octanol–water partition coefficient (Wildman–Crippen LogP) is 2.01. The number of nitrogens with one attached hydrogen (secondary N) is 1. The van der Waals surface area contributed by atoms with E-state index in [0.717, 1.165) is 0 Å². The smallest absolute Gasteiger partial charge is 0.123 e. The minimum Gasteiger partial charge on any atom is -0.496 e. The van der Waals surface area contributed by atoms with Crippen molar-refractivity contribution < 1.29 is 9.13 Å². The van der Waals surface area contributed by atoms with E-state index in [2.05, 4.69) is 5.32 Å². The number of rotatable bonds is 4. The zero-order valence-corrected chi connectivity index (χ0v) is 8.75. The molecule has 0 fully saturated rings. The lowest BCUT2D eigenvalue weighted by atomic mass is 10.1. The number of nitrogens with zero attached hydrogens (tertiary/aromatic N) is 1. The number of hydrogen-bond donors (Lipinski definition) is 1. The number of methoxy groups -OCH3 is 1. The molecule has 0 saturated carbocycles. The molecule has 1 aromatic rings. The summed E-state index contributed by atoms with van der Waals surface area (Å²) in [6.07, 6.45) is 0. The molecule has 1 atom stereocenters. The third kappa shape index (κ3) is 2.93. The van der Waals surface area contributed by atoms with Crippen LogP contribution in [0.15, 0.2) is 18.2 Å². The summed E-state index contributed by atoms with van der Waals surface area (Å²) in [7, 11) is 1.54. The summed E-state index contributed by atoms with van der Waals surface area (Å²) >= 11 is 0. The van der Waals surface area contributed by atoms with Gasteiger partial charge in [0.25, 0.3) is 0 Å². The maximum absolute atomic E-state index is 13.0. The summed E-state index contributed by atoms with van der Waals surface area (Å²) in [6, 6.07) is 6.20. The van der Waals surface area contributed by atoms with Crippen LogP contribution in [0.3, 0.4) is 0 Å². The predicted molar refractivity (Wildman–Crippen MR) is 55.0 cm³/mol. The number of benzene rings is 1. The van der Waals surface area contributed by atoms with Gasteiger partial charge in [-0.2, -0.15) is 5.26 Å². The van der Waals surface area contributed by atoms with Crippen molar-refractivity contribution in [3.63, 3.8) is 0 Å². The fourth-order valence-corrected chi connectivity index (χ4v) is 1.35. The molecule has 1 aromatic carbocycles. The molecule has 3 nitrogen and oxygen atoms in total. The molecule has 0 radical (unpaired) electrons. The van der Waals surface area contributed by atoms with Crippen molar-refractivity contribution in [2.24, 2.45) is 0 Å². The Balaban J connectivity index is 2.90. The van der Waals surface area contributed by atoms with Crippen LogP contribution < -0.4 is 10.1 Å². The molecule has 0 aromatic heterocycles. The van der Waals surface area contributed by atoms with E-state index in [1.807, 2.05) is 13.0 Å². The SMILES string of the molecule is COc1ccc(F)cc1C(C)NCC#N. The Hall–Kier alpha value is -1.60. The highest BCUT2D eigenvalue weighted by Gasteiger charge is 2.11. The number of nitriles is 1. The summed E-state index contributed by atoms with van der Waals surface area (Å²) in [5.41, 5.74) is 0.716. The summed E-state index contributed by atoms with van der Waals surface area (Å²) in [6.45, 7) is 2.08. The van der Waals surface area contributed by atoms with Gasteiger partial charge in [-0.3, -0.25) is 5.32 Å². The van der Waals surface area contributed by atoms with Crippen LogP contribution in [0.5, 0.6) is 5.75 Å². The second-order valence-electron chi connectivity index (χ2n) is 3.15. The van der Waals surface area contributed by atoms with Gasteiger partial charge in [0.2, 0.25) is 0 Å². The van der Waals surface area contributed by atoms with E-state index >= 15 is 0 Å². The first-order valence-corrected chi connectivity index (χ1v) is 4.62. The molecule has 4 heteroatoms. The van der Waals surface area contributed by atoms with E-state index in [1.54, 1.807) is 6.07 Å². The van der Waals surface area contributed by atoms with Crippen LogP contribution in [0.25, 0.3) is 0 Å². The molecule has 80 valence electrons. The maximum atomic E-state index is 13.0. The van der Waals surface area contributed by atoms with Gasteiger partial charge in [-0.05, 0) is 25.1 Å². The van der Waals surface area contributed by atoms with Gasteiger partial charge in [0.15, 0.2) is 0 Å². The molecule has 0 spiro atoms. The van der Waals surface area contributed by atoms with Crippen molar-refractivity contribution in [3.8, 4) is 11.8 Å². The van der Waals surface area contributed by atoms with Crippen molar-refractivity contribution >= 4 is 0 Å². The van der Waals surface area contributed by atoms with Crippen molar-refractivity contribution in [1.29, 1.82) is 5.26 Å². The summed E-state index contributed by atoms with van der Waals surface area (Å²) < 4.78 is 18.1. The Labute approximate surface area is 88.5 Å². The highest BCUT2D eigenvalue weighted by molar-refractivity contribution is 5.36. The fourth-order valence-electron chi connectivity index (χ4n) is 1.35. The Morgan fingerprint density at radius 3 is 2.93 bits per heavy atom. The van der Waals surface area contributed by atoms with E-state index in [4.69, 9.17) is 10.00 Å². The first-order valence-electron chi connectivity index (χ1n) is 4.62. The van der Waals surface area contributed by atoms with Gasteiger partial charge in [-0.1, -0.05) is 0 Å². The van der Waals surface area contributed by atoms with E-state index in [1.165, 1.54) is 19.2 Å². The van der Waals surface area contributed by atoms with E-state index in [-0.39, 0.29) is 18.4 Å². The quantitative estimate of drug-likeness (QED) is 0.770. The highest BCUT2D eigenvalue weighted by Crippen LogP contribution is 2.25. The second kappa shape index (κ2) is 5.32. The molecule has 0 saturated heterocycles. The maximum Gasteiger partial charge on any atom is 0.123 e. The Morgan fingerprint density at radius 1 is 1.60 bits per heavy atom. The second-order valence-corrected chi connectivity index (χ2v) is 3.15. The molecule has 0 amide bonds. The number of ether oxygens (including phenoxy) is 1. The van der Waals surface area contributed by atoms with E-state index < -0.39 is 0 Å². The largest absolute Gasteiger partial charge is 0.496 e. The lowest BCUT2D eigenvalue weighted by Crippen LogP contribution is -2.19. The molecule has 15 heavy (non-hydrogen) atoms. The van der Waals surface area contributed by atoms with Gasteiger partial charge < -0.3 is 4.74 Å². The molecule has 1 unspecified atom stereocenters. The summed E-state index contributed by atoms with van der Waals surface area (Å²) in [4.78, 5) is 0. The third-order valence-electron chi connectivity index (χ3n) is 2.15. The minimum absolute atomic E-state index is 0.115. The molecule has 1 rings (SSSR count). The first-order chi connectivity index (χ1) is 7.19. The van der Waals surface area contributed by atoms with Gasteiger partial charge in [-0.25, -0.2) is 4.39 Å². The van der Waals surface area contributed by atoms with Crippen molar-refractivity contribution in [2.45, 2.75) is 13.0 Å². The summed E-state index contributed by atoms with van der Waals surface area (Å²) in [5.74, 6) is 0.311. The van der Waals surface area contributed by atoms with Crippen molar-refractivity contribution in [1.82, 2.24) is 5.32 Å². The molecule has 0 heterocycles. The monoisotopic (exact) mass is 208 g/mol. The number of hydrogen-bond acceptors (Lipinski definition) is 3. The first kappa shape index (κ1) is 11.5. The van der Waals surface area contributed by atoms with Gasteiger partial charge in [0.1, 0.15) is 11.6 Å². The zero-order valence-electron chi connectivity index (χ0n) is 8.75. The Bertz CT molecular complexity index is 373. The van der Waals surface area contributed by atoms with Crippen LogP contribution in [-0.2, 0) is 0 Å². The molecule has 0 bridgehead atoms. The third-order valence-corrected chi connectivity index (χ3v) is 2.15. The topological polar surface area (TPSA) is 45.0 Å². The van der Waals surface area contributed by atoms with Gasteiger partial charge in [0, 0.05) is 11.6 Å². The Morgan fingerprint density at radius 2 is 2.33 bits per heavy atom. The van der Waals surface area contributed by atoms with Crippen LogP contribution in [0.4, 0.5) is 4.39 Å². The zero-order chi connectivity index (χ0) is 11.3. The average Bonchev–Trinajstić information content (AvgIpc) is 2.25. The lowest BCUT2D eigenvalue weighted by molar-refractivity contribution is 0.401. The number of halogens is 1. The normalized spacial score (nSPS) is 11.9. The standard InChI is InChI=1S/C11H13FN2O/c1-8(14-6-5-13)10-7-9(12)3-4-11(10)15-2/h3-4,7-8,14H,6H2,1-2H3. The van der Waals surface area contributed by atoms with Crippen LogP contribution in [-0.4, -0.2) is 13.7 Å². The molecular weight excluding hydrogens is 195 g/mol. The van der Waals surface area contributed by atoms with Crippen LogP contribution in [0, 0.1) is 17.1 Å². The molecule has 0 aliphatic heterocycles. The highest BCUT2D eigenvalue weighted by atomic mass is 19.1. The average molecular weight is 208 g/mol. The van der Waals surface area contributed by atoms with Gasteiger partial charge in [-0.15, -0.1) is 0 Å². The van der Waals surface area contributed by atoms with Crippen LogP contribution >= 0.6 is 0 Å². The molecular formula is C11H13FN2O. The Kier molecular flexibility index (Phi) is 4.07. The summed E-state index contributed by atoms with van der Waals surface area (Å²) in [5, 5.41) is 11.4. The lowest BCUT2D eigenvalue weighted by Gasteiger charge is -2.15. The minimum atomic E-state index is -0.309. The van der Waals surface area contributed by atoms with Crippen molar-refractivity contribution in [3.05, 3.63) is 29.6 Å². The van der Waals surface area contributed by atoms with E-state index in [9.17, 15) is 4.39 Å². The fraction of sp³-hybridized carbons (Fsp3) is 0.364. The van der Waals surface area contributed by atoms with E-state index in [0.29, 0.717) is 11.3 Å². The van der Waals surface area contributed by atoms with Crippen LogP contribution in [0.2, 0.25) is 0 Å².